The molecule has 0 unspecified atom stereocenters. The van der Waals surface area contributed by atoms with Gasteiger partial charge in [0.1, 0.15) is 0 Å². The van der Waals surface area contributed by atoms with Crippen molar-refractivity contribution < 1.29 is 0 Å². The Labute approximate surface area is 368 Å². The van der Waals surface area contributed by atoms with E-state index in [1.54, 1.807) is 0 Å². The molecule has 7 aromatic carbocycles. The standard InChI is InChI=1S/C58H58N2S/c1-9-58(8,10-2)60(51-33-23-42(4)24-34-51)52-39-37-50(38-40-52)59(48-31-21-41(3)22-32-48)49-35-27-46(28-36-49)56-54(44-19-15-12-16-20-44)53(43-17-13-11-14-18-43)55(61-56)45-25-29-47(30-26-45)57(5,6)7/h11-40H,9-10H2,1-8H3. The summed E-state index contributed by atoms with van der Waals surface area (Å²) in [6.45, 7) is 18.1. The molecule has 0 spiro atoms. The van der Waals surface area contributed by atoms with Crippen molar-refractivity contribution in [1.29, 1.82) is 0 Å². The highest BCUT2D eigenvalue weighted by atomic mass is 32.1. The Balaban J connectivity index is 1.24. The summed E-state index contributed by atoms with van der Waals surface area (Å²) in [6, 6.07) is 67.3. The van der Waals surface area contributed by atoms with Crippen LogP contribution in [0.15, 0.2) is 182 Å². The number of thiophene rings is 1. The van der Waals surface area contributed by atoms with E-state index in [9.17, 15) is 0 Å². The van der Waals surface area contributed by atoms with E-state index >= 15 is 0 Å². The van der Waals surface area contributed by atoms with E-state index in [4.69, 9.17) is 0 Å². The molecule has 2 nitrogen and oxygen atoms in total. The van der Waals surface area contributed by atoms with Crippen molar-refractivity contribution in [2.24, 2.45) is 0 Å². The zero-order valence-corrected chi connectivity index (χ0v) is 37.9. The molecule has 0 fully saturated rings. The molecule has 3 heteroatoms. The third kappa shape index (κ3) is 8.58. The Kier molecular flexibility index (Phi) is 11.9. The summed E-state index contributed by atoms with van der Waals surface area (Å²) in [7, 11) is 0. The molecule has 0 amide bonds. The predicted molar refractivity (Wildman–Crippen MR) is 266 cm³/mol. The van der Waals surface area contributed by atoms with Gasteiger partial charge in [-0.05, 0) is 128 Å². The number of anilines is 5. The van der Waals surface area contributed by atoms with E-state index in [0.717, 1.165) is 29.9 Å². The molecule has 61 heavy (non-hydrogen) atoms. The van der Waals surface area contributed by atoms with Crippen LogP contribution in [0.2, 0.25) is 0 Å². The summed E-state index contributed by atoms with van der Waals surface area (Å²) in [4.78, 5) is 7.46. The molecule has 0 saturated heterocycles. The maximum atomic E-state index is 2.53. The van der Waals surface area contributed by atoms with Crippen LogP contribution in [0.4, 0.5) is 28.4 Å². The van der Waals surface area contributed by atoms with Gasteiger partial charge in [0.2, 0.25) is 0 Å². The number of nitrogens with zero attached hydrogens (tertiary/aromatic N) is 2. The molecule has 1 aromatic heterocycles. The Bertz CT molecular complexity index is 2660. The summed E-state index contributed by atoms with van der Waals surface area (Å²) < 4.78 is 0. The van der Waals surface area contributed by atoms with Gasteiger partial charge in [-0.3, -0.25) is 0 Å². The van der Waals surface area contributed by atoms with Gasteiger partial charge in [0.15, 0.2) is 0 Å². The van der Waals surface area contributed by atoms with Gasteiger partial charge in [0.25, 0.3) is 0 Å². The number of aryl methyl sites for hydroxylation is 2. The average molecular weight is 815 g/mol. The summed E-state index contributed by atoms with van der Waals surface area (Å²) in [5, 5.41) is 0. The average Bonchev–Trinajstić information content (AvgIpc) is 3.70. The molecule has 0 saturated carbocycles. The number of hydrogen-bond donors (Lipinski definition) is 0. The maximum absolute atomic E-state index is 2.53. The molecule has 0 bridgehead atoms. The molecule has 8 aromatic rings. The van der Waals surface area contributed by atoms with E-state index in [0.29, 0.717) is 0 Å². The minimum atomic E-state index is -0.0280. The highest BCUT2D eigenvalue weighted by Crippen LogP contribution is 2.52. The van der Waals surface area contributed by atoms with Crippen molar-refractivity contribution in [3.05, 3.63) is 199 Å². The first-order valence-electron chi connectivity index (χ1n) is 21.8. The van der Waals surface area contributed by atoms with Gasteiger partial charge in [0.05, 0.1) is 0 Å². The Morgan fingerprint density at radius 1 is 0.393 bits per heavy atom. The molecule has 0 aliphatic carbocycles. The Morgan fingerprint density at radius 3 is 1.13 bits per heavy atom. The highest BCUT2D eigenvalue weighted by molar-refractivity contribution is 7.20. The lowest BCUT2D eigenvalue weighted by atomic mass is 9.86. The molecule has 306 valence electrons. The first-order chi connectivity index (χ1) is 29.5. The van der Waals surface area contributed by atoms with Crippen LogP contribution in [0.1, 0.15) is 71.1 Å². The molecular formula is C58H58N2S. The number of benzene rings is 7. The van der Waals surface area contributed by atoms with Crippen LogP contribution < -0.4 is 9.80 Å². The lowest BCUT2D eigenvalue weighted by Crippen LogP contribution is -2.42. The third-order valence-electron chi connectivity index (χ3n) is 12.4. The van der Waals surface area contributed by atoms with Crippen LogP contribution >= 0.6 is 11.3 Å². The lowest BCUT2D eigenvalue weighted by Gasteiger charge is -2.42. The van der Waals surface area contributed by atoms with Gasteiger partial charge in [-0.15, -0.1) is 11.3 Å². The molecule has 0 N–H and O–H groups in total. The quantitative estimate of drug-likeness (QED) is 0.121. The second-order valence-corrected chi connectivity index (χ2v) is 18.7. The van der Waals surface area contributed by atoms with E-state index < -0.39 is 0 Å². The second-order valence-electron chi connectivity index (χ2n) is 17.7. The molecular weight excluding hydrogens is 757 g/mol. The lowest BCUT2D eigenvalue weighted by molar-refractivity contribution is 0.428. The molecule has 0 atom stereocenters. The minimum Gasteiger partial charge on any atom is -0.336 e. The first kappa shape index (κ1) is 41.6. The highest BCUT2D eigenvalue weighted by Gasteiger charge is 2.30. The summed E-state index contributed by atoms with van der Waals surface area (Å²) in [5.41, 5.74) is 17.1. The van der Waals surface area contributed by atoms with Crippen molar-refractivity contribution in [3.63, 3.8) is 0 Å². The summed E-state index contributed by atoms with van der Waals surface area (Å²) in [5.74, 6) is 0. The van der Waals surface area contributed by atoms with Gasteiger partial charge in [-0.1, -0.05) is 167 Å². The van der Waals surface area contributed by atoms with Crippen LogP contribution in [-0.4, -0.2) is 5.54 Å². The topological polar surface area (TPSA) is 6.48 Å². The van der Waals surface area contributed by atoms with Crippen LogP contribution in [0.5, 0.6) is 0 Å². The van der Waals surface area contributed by atoms with Crippen LogP contribution in [0, 0.1) is 13.8 Å². The fraction of sp³-hybridized carbons (Fsp3) is 0.207. The zero-order valence-electron chi connectivity index (χ0n) is 37.0. The van der Waals surface area contributed by atoms with Crippen molar-refractivity contribution in [2.45, 2.75) is 79.2 Å². The smallest absolute Gasteiger partial charge is 0.0463 e. The maximum Gasteiger partial charge on any atom is 0.0463 e. The normalized spacial score (nSPS) is 11.7. The SMILES string of the molecule is CCC(C)(CC)N(c1ccc(C)cc1)c1ccc(N(c2ccc(C)cc2)c2ccc(-c3sc(-c4ccc(C(C)(C)C)cc4)c(-c4ccccc4)c3-c3ccccc3)cc2)cc1. The minimum absolute atomic E-state index is 0.0280. The van der Waals surface area contributed by atoms with Gasteiger partial charge < -0.3 is 9.80 Å². The van der Waals surface area contributed by atoms with Gasteiger partial charge in [-0.25, -0.2) is 0 Å². The van der Waals surface area contributed by atoms with E-state index in [1.807, 2.05) is 11.3 Å². The Hall–Kier alpha value is -6.16. The Morgan fingerprint density at radius 2 is 0.738 bits per heavy atom. The van der Waals surface area contributed by atoms with E-state index in [-0.39, 0.29) is 11.0 Å². The fourth-order valence-corrected chi connectivity index (χ4v) is 9.76. The largest absolute Gasteiger partial charge is 0.336 e. The zero-order chi connectivity index (χ0) is 42.7. The van der Waals surface area contributed by atoms with E-state index in [2.05, 4.69) is 247 Å². The third-order valence-corrected chi connectivity index (χ3v) is 13.7. The number of rotatable bonds is 12. The molecule has 0 aliphatic heterocycles. The predicted octanol–water partition coefficient (Wildman–Crippen LogP) is 17.5. The first-order valence-corrected chi connectivity index (χ1v) is 22.6. The monoisotopic (exact) mass is 814 g/mol. The van der Waals surface area contributed by atoms with Crippen LogP contribution in [0.3, 0.4) is 0 Å². The van der Waals surface area contributed by atoms with Crippen LogP contribution in [0.25, 0.3) is 43.1 Å². The summed E-state index contributed by atoms with van der Waals surface area (Å²) in [6.07, 6.45) is 2.07. The molecule has 0 aliphatic rings. The molecule has 8 rings (SSSR count). The van der Waals surface area contributed by atoms with Gasteiger partial charge in [0, 0.05) is 54.9 Å². The van der Waals surface area contributed by atoms with Crippen molar-refractivity contribution >= 4 is 39.8 Å². The van der Waals surface area contributed by atoms with Crippen molar-refractivity contribution in [1.82, 2.24) is 0 Å². The molecule has 0 radical (unpaired) electrons. The summed E-state index contributed by atoms with van der Waals surface area (Å²) >= 11 is 1.89. The second kappa shape index (κ2) is 17.4. The van der Waals surface area contributed by atoms with Gasteiger partial charge >= 0.3 is 0 Å². The van der Waals surface area contributed by atoms with Crippen molar-refractivity contribution in [2.75, 3.05) is 9.80 Å². The van der Waals surface area contributed by atoms with Crippen LogP contribution in [-0.2, 0) is 5.41 Å². The van der Waals surface area contributed by atoms with Crippen molar-refractivity contribution in [3.8, 4) is 43.1 Å². The number of hydrogen-bond acceptors (Lipinski definition) is 3. The molecule has 1 heterocycles. The van der Waals surface area contributed by atoms with Gasteiger partial charge in [-0.2, -0.15) is 0 Å². The van der Waals surface area contributed by atoms with E-state index in [1.165, 1.54) is 71.2 Å². The fourth-order valence-electron chi connectivity index (χ4n) is 8.41.